The third-order valence-corrected chi connectivity index (χ3v) is 3.17. The van der Waals surface area contributed by atoms with Gasteiger partial charge in [-0.15, -0.1) is 0 Å². The molecule has 0 saturated heterocycles. The highest BCUT2D eigenvalue weighted by atomic mass is 16.1. The summed E-state index contributed by atoms with van der Waals surface area (Å²) in [5.41, 5.74) is 3.55. The molecule has 0 unspecified atom stereocenters. The number of rotatable bonds is 3. The second kappa shape index (κ2) is 5.57. The lowest BCUT2D eigenvalue weighted by Crippen LogP contribution is -2.18. The maximum absolute atomic E-state index is 12.1. The number of hydrogen-bond acceptors (Lipinski definition) is 3. The van der Waals surface area contributed by atoms with Gasteiger partial charge in [-0.25, -0.2) is 0 Å². The molecule has 1 N–H and O–H groups in total. The summed E-state index contributed by atoms with van der Waals surface area (Å²) in [5.74, 6) is 0.279. The van der Waals surface area contributed by atoms with Crippen LogP contribution in [0.4, 0.5) is 5.82 Å². The standard InChI is InChI=1S/C15H16N4O/c1-10-4-5-11(2)12(6-10)7-14(20)18-15-13(8-16)9-17-19(15)3/h4-6,9H,7H2,1-3H3,(H,18,20). The molecule has 0 atom stereocenters. The predicted molar refractivity (Wildman–Crippen MR) is 76.2 cm³/mol. The summed E-state index contributed by atoms with van der Waals surface area (Å²) in [5, 5.41) is 15.7. The molecule has 1 heterocycles. The van der Waals surface area contributed by atoms with Crippen LogP contribution in [-0.4, -0.2) is 15.7 Å². The van der Waals surface area contributed by atoms with E-state index in [9.17, 15) is 4.79 Å². The lowest BCUT2D eigenvalue weighted by Gasteiger charge is -2.09. The summed E-state index contributed by atoms with van der Waals surface area (Å²) in [7, 11) is 1.69. The molecule has 2 rings (SSSR count). The molecule has 20 heavy (non-hydrogen) atoms. The van der Waals surface area contributed by atoms with Gasteiger partial charge in [-0.1, -0.05) is 23.8 Å². The van der Waals surface area contributed by atoms with Gasteiger partial charge in [-0.2, -0.15) is 10.4 Å². The van der Waals surface area contributed by atoms with Gasteiger partial charge >= 0.3 is 0 Å². The number of carbonyl (C=O) groups excluding carboxylic acids is 1. The molecule has 0 aliphatic rings. The van der Waals surface area contributed by atoms with Crippen LogP contribution in [0.3, 0.4) is 0 Å². The molecule has 1 aromatic carbocycles. The molecule has 1 aromatic heterocycles. The minimum Gasteiger partial charge on any atom is -0.310 e. The van der Waals surface area contributed by atoms with Gasteiger partial charge in [0.25, 0.3) is 0 Å². The van der Waals surface area contributed by atoms with Crippen LogP contribution in [-0.2, 0) is 18.3 Å². The van der Waals surface area contributed by atoms with Crippen LogP contribution in [0.2, 0.25) is 0 Å². The molecule has 0 aliphatic carbocycles. The summed E-state index contributed by atoms with van der Waals surface area (Å²) in [6.07, 6.45) is 1.72. The highest BCUT2D eigenvalue weighted by molar-refractivity contribution is 5.92. The van der Waals surface area contributed by atoms with Crippen molar-refractivity contribution in [1.29, 1.82) is 5.26 Å². The highest BCUT2D eigenvalue weighted by Gasteiger charge is 2.12. The topological polar surface area (TPSA) is 70.7 Å². The lowest BCUT2D eigenvalue weighted by atomic mass is 10.0. The molecule has 1 amide bonds. The van der Waals surface area contributed by atoms with Gasteiger partial charge in [-0.05, 0) is 25.0 Å². The first-order valence-electron chi connectivity index (χ1n) is 6.29. The van der Waals surface area contributed by atoms with Crippen molar-refractivity contribution in [3.63, 3.8) is 0 Å². The number of aromatic nitrogens is 2. The van der Waals surface area contributed by atoms with Crippen molar-refractivity contribution in [2.75, 3.05) is 5.32 Å². The fourth-order valence-corrected chi connectivity index (χ4v) is 2.01. The Morgan fingerprint density at radius 1 is 1.45 bits per heavy atom. The summed E-state index contributed by atoms with van der Waals surface area (Å²) < 4.78 is 1.49. The third kappa shape index (κ3) is 2.86. The predicted octanol–water partition coefficient (Wildman–Crippen LogP) is 2.09. The van der Waals surface area contributed by atoms with Crippen molar-refractivity contribution >= 4 is 11.7 Å². The van der Waals surface area contributed by atoms with E-state index in [0.717, 1.165) is 16.7 Å². The maximum Gasteiger partial charge on any atom is 0.229 e. The Hall–Kier alpha value is -2.61. The normalized spacial score (nSPS) is 10.1. The number of nitrogens with one attached hydrogen (secondary N) is 1. The van der Waals surface area contributed by atoms with E-state index in [1.807, 2.05) is 38.1 Å². The van der Waals surface area contributed by atoms with Crippen LogP contribution in [0.15, 0.2) is 24.4 Å². The van der Waals surface area contributed by atoms with E-state index in [0.29, 0.717) is 11.4 Å². The van der Waals surface area contributed by atoms with Crippen molar-refractivity contribution in [3.8, 4) is 6.07 Å². The molecule has 0 bridgehead atoms. The molecule has 5 nitrogen and oxygen atoms in total. The molecule has 0 aliphatic heterocycles. The van der Waals surface area contributed by atoms with E-state index in [1.54, 1.807) is 7.05 Å². The van der Waals surface area contributed by atoms with Gasteiger partial charge in [0.2, 0.25) is 5.91 Å². The summed E-state index contributed by atoms with van der Waals surface area (Å²) in [6, 6.07) is 8.03. The van der Waals surface area contributed by atoms with Gasteiger partial charge in [0.05, 0.1) is 12.6 Å². The van der Waals surface area contributed by atoms with Gasteiger partial charge in [-0.3, -0.25) is 9.48 Å². The Balaban J connectivity index is 2.15. The van der Waals surface area contributed by atoms with E-state index in [1.165, 1.54) is 10.9 Å². The monoisotopic (exact) mass is 268 g/mol. The molecule has 0 fully saturated rings. The first-order chi connectivity index (χ1) is 9.51. The second-order valence-corrected chi connectivity index (χ2v) is 4.80. The molecule has 0 saturated carbocycles. The average Bonchev–Trinajstić information content (AvgIpc) is 2.75. The van der Waals surface area contributed by atoms with Gasteiger partial charge < -0.3 is 5.32 Å². The Labute approximate surface area is 117 Å². The number of aryl methyl sites for hydroxylation is 3. The SMILES string of the molecule is Cc1ccc(C)c(CC(=O)Nc2c(C#N)cnn2C)c1. The van der Waals surface area contributed by atoms with Crippen LogP contribution < -0.4 is 5.32 Å². The number of nitriles is 1. The second-order valence-electron chi connectivity index (χ2n) is 4.80. The zero-order valence-corrected chi connectivity index (χ0v) is 11.8. The first kappa shape index (κ1) is 13.8. The third-order valence-electron chi connectivity index (χ3n) is 3.17. The van der Waals surface area contributed by atoms with Crippen LogP contribution in [0, 0.1) is 25.2 Å². The summed E-state index contributed by atoms with van der Waals surface area (Å²) in [6.45, 7) is 3.97. The number of amides is 1. The van der Waals surface area contributed by atoms with Gasteiger partial charge in [0.1, 0.15) is 17.5 Å². The minimum atomic E-state index is -0.154. The zero-order chi connectivity index (χ0) is 14.7. The summed E-state index contributed by atoms with van der Waals surface area (Å²) in [4.78, 5) is 12.1. The Morgan fingerprint density at radius 2 is 2.20 bits per heavy atom. The largest absolute Gasteiger partial charge is 0.310 e. The number of carbonyl (C=O) groups is 1. The van der Waals surface area contributed by atoms with Crippen LogP contribution >= 0.6 is 0 Å². The van der Waals surface area contributed by atoms with Crippen LogP contribution in [0.25, 0.3) is 0 Å². The maximum atomic E-state index is 12.1. The zero-order valence-electron chi connectivity index (χ0n) is 11.8. The quantitative estimate of drug-likeness (QED) is 0.926. The molecule has 0 spiro atoms. The number of anilines is 1. The lowest BCUT2D eigenvalue weighted by molar-refractivity contribution is -0.115. The highest BCUT2D eigenvalue weighted by Crippen LogP contribution is 2.15. The number of hydrogen-bond donors (Lipinski definition) is 1. The first-order valence-corrected chi connectivity index (χ1v) is 6.29. The van der Waals surface area contributed by atoms with Crippen molar-refractivity contribution in [3.05, 3.63) is 46.6 Å². The van der Waals surface area contributed by atoms with Gasteiger partial charge in [0, 0.05) is 7.05 Å². The van der Waals surface area contributed by atoms with E-state index in [4.69, 9.17) is 5.26 Å². The molecular weight excluding hydrogens is 252 g/mol. The molecular formula is C15H16N4O. The van der Waals surface area contributed by atoms with Crippen LogP contribution in [0.1, 0.15) is 22.3 Å². The number of benzene rings is 1. The molecule has 0 radical (unpaired) electrons. The van der Waals surface area contributed by atoms with Crippen molar-refractivity contribution in [2.24, 2.45) is 7.05 Å². The van der Waals surface area contributed by atoms with Crippen molar-refractivity contribution < 1.29 is 4.79 Å². The fraction of sp³-hybridized carbons (Fsp3) is 0.267. The fourth-order valence-electron chi connectivity index (χ4n) is 2.01. The van der Waals surface area contributed by atoms with Crippen LogP contribution in [0.5, 0.6) is 0 Å². The smallest absolute Gasteiger partial charge is 0.229 e. The Kier molecular flexibility index (Phi) is 3.85. The van der Waals surface area contributed by atoms with E-state index in [-0.39, 0.29) is 12.3 Å². The van der Waals surface area contributed by atoms with E-state index < -0.39 is 0 Å². The van der Waals surface area contributed by atoms with Gasteiger partial charge in [0.15, 0.2) is 0 Å². The molecule has 102 valence electrons. The molecule has 2 aromatic rings. The van der Waals surface area contributed by atoms with Crippen molar-refractivity contribution in [1.82, 2.24) is 9.78 Å². The minimum absolute atomic E-state index is 0.154. The van der Waals surface area contributed by atoms with Crippen molar-refractivity contribution in [2.45, 2.75) is 20.3 Å². The Morgan fingerprint density at radius 3 is 2.90 bits per heavy atom. The molecule has 5 heteroatoms. The number of nitrogens with zero attached hydrogens (tertiary/aromatic N) is 3. The average molecular weight is 268 g/mol. The summed E-state index contributed by atoms with van der Waals surface area (Å²) >= 11 is 0. The van der Waals surface area contributed by atoms with E-state index in [2.05, 4.69) is 10.4 Å². The van der Waals surface area contributed by atoms with E-state index >= 15 is 0 Å². The Bertz CT molecular complexity index is 694.